The van der Waals surface area contributed by atoms with Crippen molar-refractivity contribution in [2.75, 3.05) is 6.61 Å². The molecule has 0 radical (unpaired) electrons. The second kappa shape index (κ2) is 6.60. The van der Waals surface area contributed by atoms with Crippen LogP contribution in [0.5, 0.6) is 0 Å². The molecule has 134 valence electrons. The predicted octanol–water partition coefficient (Wildman–Crippen LogP) is 4.38. The van der Waals surface area contributed by atoms with E-state index >= 15 is 0 Å². The molecule has 1 fully saturated rings. The third-order valence-corrected chi connectivity index (χ3v) is 5.85. The lowest BCUT2D eigenvalue weighted by Gasteiger charge is -2.31. The lowest BCUT2D eigenvalue weighted by Crippen LogP contribution is -2.42. The minimum absolute atomic E-state index is 0.0409. The van der Waals surface area contributed by atoms with Crippen LogP contribution in [0.4, 0.5) is 0 Å². The number of fused-ring (bicyclic) bond motifs is 3. The largest absolute Gasteiger partial charge is 0.480 e. The van der Waals surface area contributed by atoms with Gasteiger partial charge in [0.05, 0.1) is 0 Å². The summed E-state index contributed by atoms with van der Waals surface area (Å²) in [5.74, 6) is -1.67. The molecule has 0 spiro atoms. The highest BCUT2D eigenvalue weighted by molar-refractivity contribution is 5.99. The molecule has 0 saturated heterocycles. The van der Waals surface area contributed by atoms with Gasteiger partial charge in [0.15, 0.2) is 5.41 Å². The maximum Gasteiger partial charge on any atom is 0.323 e. The van der Waals surface area contributed by atoms with Gasteiger partial charge in [0.2, 0.25) is 0 Å². The van der Waals surface area contributed by atoms with Gasteiger partial charge in [-0.25, -0.2) is 0 Å². The Morgan fingerprint density at radius 3 is 2.00 bits per heavy atom. The molecular weight excluding hydrogens is 328 g/mol. The maximum atomic E-state index is 12.7. The van der Waals surface area contributed by atoms with Crippen molar-refractivity contribution >= 4 is 11.9 Å². The first-order valence-electron chi connectivity index (χ1n) is 9.22. The average Bonchev–Trinajstić information content (AvgIpc) is 3.00. The molecule has 2 aliphatic carbocycles. The summed E-state index contributed by atoms with van der Waals surface area (Å²) in [5.41, 5.74) is 3.23. The van der Waals surface area contributed by atoms with Crippen LogP contribution in [0.2, 0.25) is 0 Å². The van der Waals surface area contributed by atoms with Crippen LogP contribution in [-0.4, -0.2) is 23.7 Å². The Bertz CT molecular complexity index is 803. The molecule has 1 N–H and O–H groups in total. The highest BCUT2D eigenvalue weighted by atomic mass is 16.5. The van der Waals surface area contributed by atoms with E-state index in [4.69, 9.17) is 4.74 Å². The third-order valence-electron chi connectivity index (χ3n) is 5.85. The molecule has 0 heterocycles. The highest BCUT2D eigenvalue weighted by Crippen LogP contribution is 2.45. The summed E-state index contributed by atoms with van der Waals surface area (Å²) in [6.07, 6.45) is 3.25. The molecule has 4 nitrogen and oxygen atoms in total. The van der Waals surface area contributed by atoms with Crippen LogP contribution in [0, 0.1) is 5.41 Å². The first kappa shape index (κ1) is 16.8. The van der Waals surface area contributed by atoms with Crippen LogP contribution in [0.3, 0.4) is 0 Å². The number of ether oxygens (including phenoxy) is 1. The van der Waals surface area contributed by atoms with Crippen LogP contribution >= 0.6 is 0 Å². The van der Waals surface area contributed by atoms with Gasteiger partial charge in [0.25, 0.3) is 0 Å². The van der Waals surface area contributed by atoms with E-state index < -0.39 is 17.4 Å². The summed E-state index contributed by atoms with van der Waals surface area (Å²) in [7, 11) is 0. The van der Waals surface area contributed by atoms with Crippen molar-refractivity contribution in [1.29, 1.82) is 0 Å². The molecule has 0 unspecified atom stereocenters. The first-order chi connectivity index (χ1) is 12.6. The van der Waals surface area contributed by atoms with Crippen molar-refractivity contribution in [1.82, 2.24) is 0 Å². The van der Waals surface area contributed by atoms with Gasteiger partial charge in [-0.2, -0.15) is 0 Å². The Balaban J connectivity index is 1.58. The van der Waals surface area contributed by atoms with Crippen LogP contribution in [-0.2, 0) is 14.3 Å². The average molecular weight is 350 g/mol. The zero-order valence-corrected chi connectivity index (χ0v) is 14.6. The zero-order valence-electron chi connectivity index (χ0n) is 14.6. The van der Waals surface area contributed by atoms with Crippen molar-refractivity contribution in [3.63, 3.8) is 0 Å². The van der Waals surface area contributed by atoms with Crippen molar-refractivity contribution in [3.8, 4) is 11.1 Å². The Labute approximate surface area is 152 Å². The molecule has 26 heavy (non-hydrogen) atoms. The first-order valence-corrected chi connectivity index (χ1v) is 9.22. The zero-order chi connectivity index (χ0) is 18.1. The summed E-state index contributed by atoms with van der Waals surface area (Å²) < 4.78 is 5.62. The van der Waals surface area contributed by atoms with Crippen LogP contribution in [0.25, 0.3) is 11.1 Å². The number of carboxylic acids is 1. The molecule has 2 aromatic carbocycles. The Hall–Kier alpha value is -2.62. The van der Waals surface area contributed by atoms with E-state index in [1.165, 1.54) is 0 Å². The topological polar surface area (TPSA) is 63.6 Å². The van der Waals surface area contributed by atoms with E-state index in [0.29, 0.717) is 12.8 Å². The quantitative estimate of drug-likeness (QED) is 0.657. The molecule has 0 atom stereocenters. The number of rotatable bonds is 4. The monoisotopic (exact) mass is 350 g/mol. The van der Waals surface area contributed by atoms with Crippen LogP contribution < -0.4 is 0 Å². The molecule has 2 aliphatic rings. The summed E-state index contributed by atoms with van der Waals surface area (Å²) in [6, 6.07) is 16.3. The molecule has 0 bridgehead atoms. The van der Waals surface area contributed by atoms with Gasteiger partial charge in [0.1, 0.15) is 6.61 Å². The number of hydrogen-bond acceptors (Lipinski definition) is 3. The fraction of sp³-hybridized carbons (Fsp3) is 0.364. The lowest BCUT2D eigenvalue weighted by atomic mass is 9.74. The number of carbonyl (C=O) groups excluding carboxylic acids is 1. The van der Waals surface area contributed by atoms with E-state index in [1.54, 1.807) is 0 Å². The standard InChI is InChI=1S/C22H22O4/c23-20(24)22(12-6-1-7-13-22)21(25)26-14-19-17-10-4-2-8-15(17)16-9-3-5-11-18(16)19/h2-5,8-11,19H,1,6-7,12-14H2,(H,23,24). The molecular formula is C22H22O4. The number of carbonyl (C=O) groups is 2. The Morgan fingerprint density at radius 2 is 1.46 bits per heavy atom. The van der Waals surface area contributed by atoms with Gasteiger partial charge < -0.3 is 9.84 Å². The number of hydrogen-bond donors (Lipinski definition) is 1. The van der Waals surface area contributed by atoms with E-state index in [0.717, 1.165) is 41.5 Å². The molecule has 4 heteroatoms. The summed E-state index contributed by atoms with van der Waals surface area (Å²) >= 11 is 0. The SMILES string of the molecule is O=C(O)C1(C(=O)OCC2c3ccccc3-c3ccccc32)CCCCC1. The van der Waals surface area contributed by atoms with Crippen LogP contribution in [0.15, 0.2) is 48.5 Å². The van der Waals surface area contributed by atoms with Crippen molar-refractivity contribution < 1.29 is 19.4 Å². The van der Waals surface area contributed by atoms with Gasteiger partial charge in [-0.3, -0.25) is 9.59 Å². The van der Waals surface area contributed by atoms with Gasteiger partial charge >= 0.3 is 11.9 Å². The number of benzene rings is 2. The second-order valence-corrected chi connectivity index (χ2v) is 7.27. The Morgan fingerprint density at radius 1 is 0.923 bits per heavy atom. The molecule has 0 aromatic heterocycles. The van der Waals surface area contributed by atoms with E-state index in [-0.39, 0.29) is 12.5 Å². The van der Waals surface area contributed by atoms with E-state index in [1.807, 2.05) is 24.3 Å². The second-order valence-electron chi connectivity index (χ2n) is 7.27. The minimum Gasteiger partial charge on any atom is -0.480 e. The number of esters is 1. The summed E-state index contributed by atoms with van der Waals surface area (Å²) in [6.45, 7) is 0.182. The molecule has 2 aromatic rings. The van der Waals surface area contributed by atoms with Crippen molar-refractivity contribution in [2.24, 2.45) is 5.41 Å². The molecule has 0 aliphatic heterocycles. The fourth-order valence-corrected chi connectivity index (χ4v) is 4.40. The smallest absolute Gasteiger partial charge is 0.323 e. The summed E-state index contributed by atoms with van der Waals surface area (Å²) in [5, 5.41) is 9.67. The fourth-order valence-electron chi connectivity index (χ4n) is 4.40. The Kier molecular flexibility index (Phi) is 4.27. The summed E-state index contributed by atoms with van der Waals surface area (Å²) in [4.78, 5) is 24.5. The maximum absolute atomic E-state index is 12.7. The minimum atomic E-state index is -1.37. The normalized spacial score (nSPS) is 18.0. The van der Waals surface area contributed by atoms with Crippen LogP contribution in [0.1, 0.15) is 49.1 Å². The van der Waals surface area contributed by atoms with Crippen molar-refractivity contribution in [3.05, 3.63) is 59.7 Å². The molecule has 1 saturated carbocycles. The number of carboxylic acid groups (broad SMARTS) is 1. The van der Waals surface area contributed by atoms with Gasteiger partial charge in [0, 0.05) is 5.92 Å². The van der Waals surface area contributed by atoms with Crippen molar-refractivity contribution in [2.45, 2.75) is 38.0 Å². The third kappa shape index (κ3) is 2.61. The van der Waals surface area contributed by atoms with Gasteiger partial charge in [-0.1, -0.05) is 67.8 Å². The molecule has 4 rings (SSSR count). The van der Waals surface area contributed by atoms with Gasteiger partial charge in [-0.05, 0) is 35.1 Å². The van der Waals surface area contributed by atoms with E-state index in [9.17, 15) is 14.7 Å². The predicted molar refractivity (Wildman–Crippen MR) is 97.8 cm³/mol. The van der Waals surface area contributed by atoms with Gasteiger partial charge in [-0.15, -0.1) is 0 Å². The van der Waals surface area contributed by atoms with E-state index in [2.05, 4.69) is 24.3 Å². The lowest BCUT2D eigenvalue weighted by molar-refractivity contribution is -0.171. The highest BCUT2D eigenvalue weighted by Gasteiger charge is 2.48. The number of aliphatic carboxylic acids is 1. The molecule has 0 amide bonds.